The van der Waals surface area contributed by atoms with Crippen LogP contribution >= 0.6 is 23.2 Å². The molecule has 7 nitrogen and oxygen atoms in total. The Labute approximate surface area is 171 Å². The summed E-state index contributed by atoms with van der Waals surface area (Å²) in [5, 5.41) is 14.2. The molecule has 2 aromatic rings. The molecule has 0 aliphatic rings. The number of nitro benzene ring substituents is 1. The first-order valence-electron chi connectivity index (χ1n) is 8.04. The van der Waals surface area contributed by atoms with Crippen LogP contribution in [-0.2, 0) is 14.3 Å². The molecule has 0 aromatic heterocycles. The number of carbonyl (C=O) groups is 2. The van der Waals surface area contributed by atoms with E-state index in [1.54, 1.807) is 38.1 Å². The van der Waals surface area contributed by atoms with Crippen molar-refractivity contribution >= 4 is 52.5 Å². The van der Waals surface area contributed by atoms with Crippen LogP contribution in [0.4, 0.5) is 11.4 Å². The Kier molecular flexibility index (Phi) is 7.14. The molecule has 0 saturated carbocycles. The summed E-state index contributed by atoms with van der Waals surface area (Å²) in [6, 6.07) is 7.83. The molecular formula is C19H16Cl2N2O5. The first-order chi connectivity index (χ1) is 13.2. The third-order valence-electron chi connectivity index (χ3n) is 3.90. The van der Waals surface area contributed by atoms with Crippen LogP contribution in [0.1, 0.15) is 16.7 Å². The van der Waals surface area contributed by atoms with E-state index in [0.29, 0.717) is 16.1 Å². The van der Waals surface area contributed by atoms with Crippen LogP contribution in [-0.4, -0.2) is 23.4 Å². The van der Waals surface area contributed by atoms with Gasteiger partial charge < -0.3 is 10.1 Å². The number of benzene rings is 2. The van der Waals surface area contributed by atoms with Gasteiger partial charge in [0.2, 0.25) is 0 Å². The molecule has 0 bridgehead atoms. The first-order valence-corrected chi connectivity index (χ1v) is 8.79. The second kappa shape index (κ2) is 9.34. The summed E-state index contributed by atoms with van der Waals surface area (Å²) >= 11 is 11.9. The molecule has 28 heavy (non-hydrogen) atoms. The van der Waals surface area contributed by atoms with E-state index >= 15 is 0 Å². The van der Waals surface area contributed by atoms with Gasteiger partial charge in [-0.15, -0.1) is 0 Å². The largest absolute Gasteiger partial charge is 0.452 e. The number of carbonyl (C=O) groups excluding carboxylic acids is 2. The standard InChI is InChI=1S/C19H16Cl2N2O5/c1-11-6-8-15(23(26)27)19(12(11)2)22-16(24)10-28-17(25)9-7-13-4-3-5-14(20)18(13)21/h3-9H,10H2,1-2H3,(H,22,24)/b9-7+. The summed E-state index contributed by atoms with van der Waals surface area (Å²) in [5.74, 6) is -1.47. The van der Waals surface area contributed by atoms with Crippen molar-refractivity contribution in [3.05, 3.63) is 73.3 Å². The Balaban J connectivity index is 2.00. The fourth-order valence-corrected chi connectivity index (χ4v) is 2.65. The van der Waals surface area contributed by atoms with Gasteiger partial charge in [-0.3, -0.25) is 14.9 Å². The second-order valence-corrected chi connectivity index (χ2v) is 6.58. The molecule has 146 valence electrons. The van der Waals surface area contributed by atoms with E-state index in [4.69, 9.17) is 27.9 Å². The molecule has 2 rings (SSSR count). The zero-order chi connectivity index (χ0) is 20.8. The number of nitrogens with one attached hydrogen (secondary N) is 1. The van der Waals surface area contributed by atoms with Crippen molar-refractivity contribution in [2.24, 2.45) is 0 Å². The Hall–Kier alpha value is -2.90. The van der Waals surface area contributed by atoms with Gasteiger partial charge in [-0.05, 0) is 42.7 Å². The van der Waals surface area contributed by atoms with Crippen molar-refractivity contribution in [2.75, 3.05) is 11.9 Å². The smallest absolute Gasteiger partial charge is 0.331 e. The van der Waals surface area contributed by atoms with Gasteiger partial charge in [-0.2, -0.15) is 0 Å². The molecule has 0 fully saturated rings. The van der Waals surface area contributed by atoms with Gasteiger partial charge >= 0.3 is 5.97 Å². The van der Waals surface area contributed by atoms with Crippen molar-refractivity contribution in [2.45, 2.75) is 13.8 Å². The van der Waals surface area contributed by atoms with Crippen LogP contribution in [0, 0.1) is 24.0 Å². The summed E-state index contributed by atoms with van der Waals surface area (Å²) in [6.45, 7) is 2.82. The molecule has 0 radical (unpaired) electrons. The Morgan fingerprint density at radius 1 is 1.21 bits per heavy atom. The van der Waals surface area contributed by atoms with Crippen molar-refractivity contribution in [1.29, 1.82) is 0 Å². The Morgan fingerprint density at radius 3 is 2.61 bits per heavy atom. The molecule has 0 aliphatic carbocycles. The van der Waals surface area contributed by atoms with E-state index in [-0.39, 0.29) is 16.4 Å². The fourth-order valence-electron chi connectivity index (χ4n) is 2.28. The quantitative estimate of drug-likeness (QED) is 0.314. The van der Waals surface area contributed by atoms with Crippen molar-refractivity contribution < 1.29 is 19.2 Å². The number of hydrogen-bond acceptors (Lipinski definition) is 5. The summed E-state index contributed by atoms with van der Waals surface area (Å²) in [4.78, 5) is 34.4. The number of rotatable bonds is 6. The zero-order valence-corrected chi connectivity index (χ0v) is 16.5. The van der Waals surface area contributed by atoms with E-state index in [9.17, 15) is 19.7 Å². The van der Waals surface area contributed by atoms with Gasteiger partial charge in [0.25, 0.3) is 11.6 Å². The highest BCUT2D eigenvalue weighted by atomic mass is 35.5. The monoisotopic (exact) mass is 422 g/mol. The molecule has 1 N–H and O–H groups in total. The van der Waals surface area contributed by atoms with E-state index in [0.717, 1.165) is 11.6 Å². The minimum Gasteiger partial charge on any atom is -0.452 e. The minimum absolute atomic E-state index is 0.0762. The highest BCUT2D eigenvalue weighted by Gasteiger charge is 2.19. The topological polar surface area (TPSA) is 98.5 Å². The van der Waals surface area contributed by atoms with Gasteiger partial charge in [-0.25, -0.2) is 4.79 Å². The molecule has 0 aliphatic heterocycles. The third-order valence-corrected chi connectivity index (χ3v) is 4.73. The number of hydrogen-bond donors (Lipinski definition) is 1. The number of esters is 1. The maximum atomic E-state index is 12.1. The lowest BCUT2D eigenvalue weighted by molar-refractivity contribution is -0.384. The zero-order valence-electron chi connectivity index (χ0n) is 15.0. The maximum absolute atomic E-state index is 12.1. The summed E-state index contributed by atoms with van der Waals surface area (Å²) < 4.78 is 4.85. The predicted octanol–water partition coefficient (Wildman–Crippen LogP) is 4.71. The van der Waals surface area contributed by atoms with Gasteiger partial charge in [0.15, 0.2) is 6.61 Å². The average molecular weight is 423 g/mol. The highest BCUT2D eigenvalue weighted by Crippen LogP contribution is 2.30. The second-order valence-electron chi connectivity index (χ2n) is 5.79. The molecule has 0 spiro atoms. The lowest BCUT2D eigenvalue weighted by Gasteiger charge is -2.11. The van der Waals surface area contributed by atoms with Crippen LogP contribution in [0.5, 0.6) is 0 Å². The number of anilines is 1. The number of amides is 1. The number of nitro groups is 1. The number of halogens is 2. The average Bonchev–Trinajstić information content (AvgIpc) is 2.64. The molecule has 0 atom stereocenters. The highest BCUT2D eigenvalue weighted by molar-refractivity contribution is 6.42. The van der Waals surface area contributed by atoms with Crippen LogP contribution in [0.15, 0.2) is 36.4 Å². The Bertz CT molecular complexity index is 973. The van der Waals surface area contributed by atoms with Crippen LogP contribution in [0.25, 0.3) is 6.08 Å². The molecule has 9 heteroatoms. The van der Waals surface area contributed by atoms with Crippen molar-refractivity contribution in [1.82, 2.24) is 0 Å². The van der Waals surface area contributed by atoms with Crippen molar-refractivity contribution in [3.63, 3.8) is 0 Å². The number of ether oxygens (including phenoxy) is 1. The summed E-state index contributed by atoms with van der Waals surface area (Å²) in [6.07, 6.45) is 2.51. The van der Waals surface area contributed by atoms with Gasteiger partial charge in [0.05, 0.1) is 15.0 Å². The SMILES string of the molecule is Cc1ccc([N+](=O)[O-])c(NC(=O)COC(=O)/C=C/c2cccc(Cl)c2Cl)c1C. The lowest BCUT2D eigenvalue weighted by Crippen LogP contribution is -2.21. The van der Waals surface area contributed by atoms with Gasteiger partial charge in [0, 0.05) is 12.1 Å². The van der Waals surface area contributed by atoms with Gasteiger partial charge in [0.1, 0.15) is 5.69 Å². The molecule has 0 unspecified atom stereocenters. The Morgan fingerprint density at radius 2 is 1.93 bits per heavy atom. The summed E-state index contributed by atoms with van der Waals surface area (Å²) in [7, 11) is 0. The maximum Gasteiger partial charge on any atom is 0.331 e. The fraction of sp³-hybridized carbons (Fsp3) is 0.158. The first kappa shape index (κ1) is 21.4. The van der Waals surface area contributed by atoms with Gasteiger partial charge in [-0.1, -0.05) is 41.4 Å². The number of aryl methyl sites for hydroxylation is 1. The summed E-state index contributed by atoms with van der Waals surface area (Å²) in [5.41, 5.74) is 1.69. The minimum atomic E-state index is -0.776. The predicted molar refractivity (Wildman–Crippen MR) is 108 cm³/mol. The van der Waals surface area contributed by atoms with E-state index < -0.39 is 23.4 Å². The van der Waals surface area contributed by atoms with Crippen LogP contribution in [0.3, 0.4) is 0 Å². The van der Waals surface area contributed by atoms with E-state index in [1.165, 1.54) is 12.1 Å². The molecule has 1 amide bonds. The van der Waals surface area contributed by atoms with Crippen LogP contribution in [0.2, 0.25) is 10.0 Å². The molecule has 0 saturated heterocycles. The normalized spacial score (nSPS) is 10.7. The molecule has 0 heterocycles. The third kappa shape index (κ3) is 5.31. The lowest BCUT2D eigenvalue weighted by atomic mass is 10.1. The molecule has 2 aromatic carbocycles. The molecular weight excluding hydrogens is 407 g/mol. The van der Waals surface area contributed by atoms with E-state index in [1.807, 2.05) is 0 Å². The van der Waals surface area contributed by atoms with E-state index in [2.05, 4.69) is 5.32 Å². The van der Waals surface area contributed by atoms with Crippen LogP contribution < -0.4 is 5.32 Å². The van der Waals surface area contributed by atoms with Crippen molar-refractivity contribution in [3.8, 4) is 0 Å². The number of nitrogens with zero attached hydrogens (tertiary/aromatic N) is 1.